The molecule has 0 spiro atoms. The van der Waals surface area contributed by atoms with Crippen LogP contribution in [-0.4, -0.2) is 50.0 Å². The number of hydrogen-bond donors (Lipinski definition) is 0. The standard InChI is InChI=1S/C25H25N5O2/c31-25(29(18-22-6-4-14-32-22)16-20-5-3-13-26-15-20)21-11-9-19(10-12-21)17-30-24-8-2-1-7-23(24)27-28-30/h1-3,5,7-13,15,22H,4,6,14,16-18H2/t22-/m0/s1. The number of amides is 1. The van der Waals surface area contributed by atoms with Gasteiger partial charge in [-0.2, -0.15) is 0 Å². The molecule has 0 unspecified atom stereocenters. The minimum absolute atomic E-state index is 0.00195. The fraction of sp³-hybridized carbons (Fsp3) is 0.280. The quantitative estimate of drug-likeness (QED) is 0.450. The summed E-state index contributed by atoms with van der Waals surface area (Å²) in [6, 6.07) is 19.5. The topological polar surface area (TPSA) is 73.1 Å². The first kappa shape index (κ1) is 20.3. The molecule has 5 rings (SSSR count). The summed E-state index contributed by atoms with van der Waals surface area (Å²) in [5.41, 5.74) is 4.61. The van der Waals surface area contributed by atoms with E-state index in [0.29, 0.717) is 25.2 Å². The van der Waals surface area contributed by atoms with Crippen LogP contribution in [0.4, 0.5) is 0 Å². The van der Waals surface area contributed by atoms with Crippen LogP contribution in [0, 0.1) is 0 Å². The molecule has 1 saturated heterocycles. The van der Waals surface area contributed by atoms with Crippen LogP contribution in [0.5, 0.6) is 0 Å². The number of ether oxygens (including phenoxy) is 1. The molecule has 1 fully saturated rings. The number of benzene rings is 2. The monoisotopic (exact) mass is 427 g/mol. The first-order valence-corrected chi connectivity index (χ1v) is 10.9. The highest BCUT2D eigenvalue weighted by Crippen LogP contribution is 2.18. The lowest BCUT2D eigenvalue weighted by Crippen LogP contribution is -2.37. The van der Waals surface area contributed by atoms with Crippen molar-refractivity contribution in [1.82, 2.24) is 24.9 Å². The van der Waals surface area contributed by atoms with Gasteiger partial charge in [0.2, 0.25) is 0 Å². The van der Waals surface area contributed by atoms with Crippen LogP contribution in [0.3, 0.4) is 0 Å². The highest BCUT2D eigenvalue weighted by atomic mass is 16.5. The van der Waals surface area contributed by atoms with Crippen LogP contribution in [0.15, 0.2) is 73.1 Å². The van der Waals surface area contributed by atoms with E-state index in [0.717, 1.165) is 41.6 Å². The Balaban J connectivity index is 1.32. The maximum atomic E-state index is 13.4. The highest BCUT2D eigenvalue weighted by molar-refractivity contribution is 5.94. The molecule has 7 heteroatoms. The summed E-state index contributed by atoms with van der Waals surface area (Å²) < 4.78 is 7.67. The van der Waals surface area contributed by atoms with Crippen molar-refractivity contribution in [3.63, 3.8) is 0 Å². The first-order chi connectivity index (χ1) is 15.8. The number of aromatic nitrogens is 4. The molecule has 1 aliphatic heterocycles. The number of rotatable bonds is 7. The predicted molar refractivity (Wildman–Crippen MR) is 121 cm³/mol. The molecule has 1 aliphatic rings. The van der Waals surface area contributed by atoms with Crippen LogP contribution in [0.2, 0.25) is 0 Å². The molecule has 1 atom stereocenters. The van der Waals surface area contributed by atoms with Gasteiger partial charge in [-0.1, -0.05) is 35.5 Å². The molecule has 1 amide bonds. The molecule has 2 aromatic heterocycles. The fourth-order valence-corrected chi connectivity index (χ4v) is 4.11. The third-order valence-electron chi connectivity index (χ3n) is 5.78. The zero-order valence-electron chi connectivity index (χ0n) is 17.8. The molecular weight excluding hydrogens is 402 g/mol. The summed E-state index contributed by atoms with van der Waals surface area (Å²) >= 11 is 0. The summed E-state index contributed by atoms with van der Waals surface area (Å²) in [4.78, 5) is 19.4. The first-order valence-electron chi connectivity index (χ1n) is 10.9. The Morgan fingerprint density at radius 1 is 1.06 bits per heavy atom. The number of carbonyl (C=O) groups excluding carboxylic acids is 1. The van der Waals surface area contributed by atoms with Gasteiger partial charge in [-0.3, -0.25) is 9.78 Å². The second-order valence-electron chi connectivity index (χ2n) is 8.11. The van der Waals surface area contributed by atoms with Crippen LogP contribution in [0.25, 0.3) is 11.0 Å². The van der Waals surface area contributed by atoms with E-state index in [1.54, 1.807) is 12.4 Å². The molecular formula is C25H25N5O2. The van der Waals surface area contributed by atoms with Gasteiger partial charge in [0.15, 0.2) is 0 Å². The zero-order valence-corrected chi connectivity index (χ0v) is 17.8. The average Bonchev–Trinajstić information content (AvgIpc) is 3.50. The summed E-state index contributed by atoms with van der Waals surface area (Å²) in [6.07, 6.45) is 5.68. The van der Waals surface area contributed by atoms with Gasteiger partial charge in [-0.15, -0.1) is 5.10 Å². The van der Waals surface area contributed by atoms with E-state index >= 15 is 0 Å². The van der Waals surface area contributed by atoms with E-state index < -0.39 is 0 Å². The Labute approximate surface area is 186 Å². The predicted octanol–water partition coefficient (Wildman–Crippen LogP) is 3.70. The number of nitrogens with zero attached hydrogens (tertiary/aromatic N) is 5. The summed E-state index contributed by atoms with van der Waals surface area (Å²) in [5, 5.41) is 8.46. The number of carbonyl (C=O) groups is 1. The maximum Gasteiger partial charge on any atom is 0.254 e. The minimum Gasteiger partial charge on any atom is -0.376 e. The highest BCUT2D eigenvalue weighted by Gasteiger charge is 2.24. The molecule has 7 nitrogen and oxygen atoms in total. The largest absolute Gasteiger partial charge is 0.376 e. The van der Waals surface area contributed by atoms with Gasteiger partial charge in [0, 0.05) is 37.7 Å². The van der Waals surface area contributed by atoms with Gasteiger partial charge in [0.05, 0.1) is 18.2 Å². The van der Waals surface area contributed by atoms with Crippen LogP contribution >= 0.6 is 0 Å². The third-order valence-corrected chi connectivity index (χ3v) is 5.78. The number of fused-ring (bicyclic) bond motifs is 1. The van der Waals surface area contributed by atoms with Gasteiger partial charge in [-0.25, -0.2) is 4.68 Å². The molecule has 2 aromatic carbocycles. The Morgan fingerprint density at radius 3 is 2.72 bits per heavy atom. The summed E-state index contributed by atoms with van der Waals surface area (Å²) in [5.74, 6) is 0.00195. The molecule has 0 saturated carbocycles. The molecule has 3 heterocycles. The Hall–Kier alpha value is -3.58. The summed E-state index contributed by atoms with van der Waals surface area (Å²) in [7, 11) is 0. The van der Waals surface area contributed by atoms with Crippen molar-refractivity contribution in [3.8, 4) is 0 Å². The van der Waals surface area contributed by atoms with E-state index in [4.69, 9.17) is 4.74 Å². The smallest absolute Gasteiger partial charge is 0.254 e. The fourth-order valence-electron chi connectivity index (χ4n) is 4.11. The van der Waals surface area contributed by atoms with Gasteiger partial charge in [0.1, 0.15) is 5.52 Å². The molecule has 162 valence electrons. The number of pyridine rings is 1. The Kier molecular flexibility index (Phi) is 5.89. The van der Waals surface area contributed by atoms with E-state index in [9.17, 15) is 4.79 Å². The lowest BCUT2D eigenvalue weighted by atomic mass is 10.1. The van der Waals surface area contributed by atoms with Crippen molar-refractivity contribution in [1.29, 1.82) is 0 Å². The van der Waals surface area contributed by atoms with E-state index in [-0.39, 0.29) is 12.0 Å². The molecule has 0 bridgehead atoms. The second-order valence-corrected chi connectivity index (χ2v) is 8.11. The lowest BCUT2D eigenvalue weighted by Gasteiger charge is -2.25. The van der Waals surface area contributed by atoms with Crippen molar-refractivity contribution in [2.75, 3.05) is 13.2 Å². The van der Waals surface area contributed by atoms with Gasteiger partial charge >= 0.3 is 0 Å². The van der Waals surface area contributed by atoms with Crippen molar-refractivity contribution in [2.24, 2.45) is 0 Å². The van der Waals surface area contributed by atoms with E-state index in [1.807, 2.05) is 70.2 Å². The average molecular weight is 428 g/mol. The molecule has 0 radical (unpaired) electrons. The Morgan fingerprint density at radius 2 is 1.94 bits per heavy atom. The van der Waals surface area contributed by atoms with Gasteiger partial charge in [0.25, 0.3) is 5.91 Å². The molecule has 32 heavy (non-hydrogen) atoms. The van der Waals surface area contributed by atoms with Gasteiger partial charge in [-0.05, 0) is 54.3 Å². The van der Waals surface area contributed by atoms with Crippen molar-refractivity contribution >= 4 is 16.9 Å². The maximum absolute atomic E-state index is 13.4. The van der Waals surface area contributed by atoms with Crippen LogP contribution in [-0.2, 0) is 17.8 Å². The van der Waals surface area contributed by atoms with Crippen molar-refractivity contribution in [3.05, 3.63) is 89.7 Å². The van der Waals surface area contributed by atoms with Crippen LogP contribution in [0.1, 0.15) is 34.3 Å². The molecule has 4 aromatic rings. The number of hydrogen-bond acceptors (Lipinski definition) is 5. The van der Waals surface area contributed by atoms with Crippen LogP contribution < -0.4 is 0 Å². The zero-order chi connectivity index (χ0) is 21.8. The van der Waals surface area contributed by atoms with Crippen molar-refractivity contribution in [2.45, 2.75) is 32.0 Å². The SMILES string of the molecule is O=C(c1ccc(Cn2nnc3ccccc32)cc1)N(Cc1cccnc1)C[C@@H]1CCCO1. The summed E-state index contributed by atoms with van der Waals surface area (Å²) in [6.45, 7) is 2.47. The van der Waals surface area contributed by atoms with E-state index in [2.05, 4.69) is 15.3 Å². The molecule has 0 aliphatic carbocycles. The second kappa shape index (κ2) is 9.28. The third kappa shape index (κ3) is 4.53. The number of para-hydroxylation sites is 1. The van der Waals surface area contributed by atoms with Crippen molar-refractivity contribution < 1.29 is 9.53 Å². The van der Waals surface area contributed by atoms with E-state index in [1.165, 1.54) is 0 Å². The van der Waals surface area contributed by atoms with Gasteiger partial charge < -0.3 is 9.64 Å². The minimum atomic E-state index is 0.00195. The molecule has 0 N–H and O–H groups in total. The Bertz CT molecular complexity index is 1180. The normalized spacial score (nSPS) is 15.8. The lowest BCUT2D eigenvalue weighted by molar-refractivity contribution is 0.0507.